The van der Waals surface area contributed by atoms with Crippen LogP contribution in [0.5, 0.6) is 0 Å². The van der Waals surface area contributed by atoms with Crippen LogP contribution in [0.1, 0.15) is 26.4 Å². The van der Waals surface area contributed by atoms with E-state index in [-0.39, 0.29) is 22.6 Å². The van der Waals surface area contributed by atoms with E-state index in [9.17, 15) is 22.8 Å². The summed E-state index contributed by atoms with van der Waals surface area (Å²) in [6.45, 7) is 0. The fraction of sp³-hybridized carbons (Fsp3) is 0.0588. The van der Waals surface area contributed by atoms with Gasteiger partial charge in [-0.05, 0) is 24.3 Å². The molecule has 3 aromatic rings. The molecule has 0 atom stereocenters. The normalized spacial score (nSPS) is 11.3. The molecule has 2 heterocycles. The molecule has 0 aliphatic carbocycles. The van der Waals surface area contributed by atoms with Gasteiger partial charge in [-0.15, -0.1) is 0 Å². The van der Waals surface area contributed by atoms with Crippen LogP contribution in [-0.4, -0.2) is 27.0 Å². The summed E-state index contributed by atoms with van der Waals surface area (Å²) >= 11 is 0. The quantitative estimate of drug-likeness (QED) is 0.744. The number of para-hydroxylation sites is 1. The SMILES string of the molecule is O=C(O)c1ccc2cccc(C(=O)Nc3ccc(C(F)(F)F)cn3)c2n1. The van der Waals surface area contributed by atoms with E-state index in [0.29, 0.717) is 11.6 Å². The van der Waals surface area contributed by atoms with E-state index >= 15 is 0 Å². The zero-order chi connectivity index (χ0) is 18.9. The third-order valence-corrected chi connectivity index (χ3v) is 3.52. The van der Waals surface area contributed by atoms with Crippen molar-refractivity contribution in [3.8, 4) is 0 Å². The fourth-order valence-electron chi connectivity index (χ4n) is 2.27. The molecule has 2 N–H and O–H groups in total. The molecule has 2 aromatic heterocycles. The lowest BCUT2D eigenvalue weighted by molar-refractivity contribution is -0.137. The number of carboxylic acids is 1. The number of hydrogen-bond donors (Lipinski definition) is 2. The number of nitrogens with zero attached hydrogens (tertiary/aromatic N) is 2. The second-order valence-corrected chi connectivity index (χ2v) is 5.26. The summed E-state index contributed by atoms with van der Waals surface area (Å²) < 4.78 is 37.6. The minimum atomic E-state index is -4.53. The first-order valence-corrected chi connectivity index (χ1v) is 7.23. The van der Waals surface area contributed by atoms with Crippen LogP contribution in [-0.2, 0) is 6.18 Å². The number of pyridine rings is 2. The summed E-state index contributed by atoms with van der Waals surface area (Å²) in [5.41, 5.74) is -0.928. The van der Waals surface area contributed by atoms with Crippen LogP contribution in [0.15, 0.2) is 48.7 Å². The minimum Gasteiger partial charge on any atom is -0.477 e. The smallest absolute Gasteiger partial charge is 0.417 e. The van der Waals surface area contributed by atoms with Crippen molar-refractivity contribution in [2.75, 3.05) is 5.32 Å². The minimum absolute atomic E-state index is 0.0746. The number of hydrogen-bond acceptors (Lipinski definition) is 4. The first kappa shape index (κ1) is 17.3. The standard InChI is InChI=1S/C17H10F3N3O3/c18-17(19,20)10-5-7-13(21-8-10)23-15(24)11-3-1-2-9-4-6-12(16(25)26)22-14(9)11/h1-8H,(H,25,26)(H,21,23,24). The fourth-order valence-corrected chi connectivity index (χ4v) is 2.27. The number of carbonyl (C=O) groups excluding carboxylic acids is 1. The number of carboxylic acid groups (broad SMARTS) is 1. The third-order valence-electron chi connectivity index (χ3n) is 3.52. The van der Waals surface area contributed by atoms with Gasteiger partial charge >= 0.3 is 12.1 Å². The molecular formula is C17H10F3N3O3. The van der Waals surface area contributed by atoms with E-state index in [2.05, 4.69) is 15.3 Å². The largest absolute Gasteiger partial charge is 0.477 e. The summed E-state index contributed by atoms with van der Waals surface area (Å²) in [4.78, 5) is 31.0. The number of aromatic carboxylic acids is 1. The van der Waals surface area contributed by atoms with E-state index < -0.39 is 23.6 Å². The Hall–Kier alpha value is -3.49. The molecule has 0 aliphatic rings. The number of halogens is 3. The summed E-state index contributed by atoms with van der Waals surface area (Å²) in [6, 6.07) is 9.32. The van der Waals surface area contributed by atoms with Crippen LogP contribution < -0.4 is 5.32 Å². The molecule has 0 unspecified atom stereocenters. The Labute approximate surface area is 144 Å². The molecule has 1 amide bonds. The molecule has 9 heteroatoms. The maximum atomic E-state index is 12.5. The number of aromatic nitrogens is 2. The average Bonchev–Trinajstić information content (AvgIpc) is 2.60. The van der Waals surface area contributed by atoms with Gasteiger partial charge in [0.15, 0.2) is 0 Å². The molecular weight excluding hydrogens is 351 g/mol. The Morgan fingerprint density at radius 2 is 1.81 bits per heavy atom. The molecule has 3 rings (SSSR count). The van der Waals surface area contributed by atoms with Crippen LogP contribution in [0, 0.1) is 0 Å². The van der Waals surface area contributed by atoms with Crippen molar-refractivity contribution in [3.63, 3.8) is 0 Å². The van der Waals surface area contributed by atoms with Gasteiger partial charge in [0.1, 0.15) is 11.5 Å². The summed E-state index contributed by atoms with van der Waals surface area (Å²) in [7, 11) is 0. The lowest BCUT2D eigenvalue weighted by Gasteiger charge is -2.09. The van der Waals surface area contributed by atoms with Gasteiger partial charge in [-0.25, -0.2) is 14.8 Å². The maximum Gasteiger partial charge on any atom is 0.417 e. The topological polar surface area (TPSA) is 92.2 Å². The van der Waals surface area contributed by atoms with Crippen molar-refractivity contribution >= 4 is 28.6 Å². The molecule has 0 spiro atoms. The zero-order valence-corrected chi connectivity index (χ0v) is 12.9. The van der Waals surface area contributed by atoms with E-state index in [1.807, 2.05) is 0 Å². The monoisotopic (exact) mass is 361 g/mol. The summed E-state index contributed by atoms with van der Waals surface area (Å²) in [5.74, 6) is -1.99. The molecule has 0 bridgehead atoms. The van der Waals surface area contributed by atoms with Crippen LogP contribution >= 0.6 is 0 Å². The molecule has 6 nitrogen and oxygen atoms in total. The lowest BCUT2D eigenvalue weighted by atomic mass is 10.1. The van der Waals surface area contributed by atoms with Gasteiger partial charge in [-0.3, -0.25) is 4.79 Å². The number of rotatable bonds is 3. The number of carbonyl (C=O) groups is 2. The molecule has 132 valence electrons. The van der Waals surface area contributed by atoms with Gasteiger partial charge in [0, 0.05) is 11.6 Å². The predicted octanol–water partition coefficient (Wildman–Crippen LogP) is 3.60. The van der Waals surface area contributed by atoms with Gasteiger partial charge < -0.3 is 10.4 Å². The van der Waals surface area contributed by atoms with Gasteiger partial charge in [-0.2, -0.15) is 13.2 Å². The second kappa shape index (κ2) is 6.43. The van der Waals surface area contributed by atoms with E-state index in [0.717, 1.165) is 12.1 Å². The predicted molar refractivity (Wildman–Crippen MR) is 85.9 cm³/mol. The van der Waals surface area contributed by atoms with Crippen molar-refractivity contribution in [1.82, 2.24) is 9.97 Å². The summed E-state index contributed by atoms with van der Waals surface area (Å²) in [6.07, 6.45) is -3.91. The molecule has 0 fully saturated rings. The zero-order valence-electron chi connectivity index (χ0n) is 12.9. The molecule has 0 saturated carbocycles. The molecule has 26 heavy (non-hydrogen) atoms. The van der Waals surface area contributed by atoms with E-state index in [1.54, 1.807) is 12.1 Å². The first-order valence-electron chi connectivity index (χ1n) is 7.23. The van der Waals surface area contributed by atoms with E-state index in [1.165, 1.54) is 18.2 Å². The molecule has 1 aromatic carbocycles. The van der Waals surface area contributed by atoms with Crippen molar-refractivity contribution in [1.29, 1.82) is 0 Å². The van der Waals surface area contributed by atoms with Crippen LogP contribution in [0.25, 0.3) is 10.9 Å². The van der Waals surface area contributed by atoms with Gasteiger partial charge in [-0.1, -0.05) is 18.2 Å². The first-order chi connectivity index (χ1) is 12.3. The van der Waals surface area contributed by atoms with Gasteiger partial charge in [0.05, 0.1) is 16.6 Å². The Bertz CT molecular complexity index is 1000. The van der Waals surface area contributed by atoms with Crippen molar-refractivity contribution in [2.24, 2.45) is 0 Å². The Kier molecular flexibility index (Phi) is 4.29. The Morgan fingerprint density at radius 3 is 2.42 bits per heavy atom. The third kappa shape index (κ3) is 3.46. The Morgan fingerprint density at radius 1 is 1.04 bits per heavy atom. The highest BCUT2D eigenvalue weighted by Crippen LogP contribution is 2.29. The van der Waals surface area contributed by atoms with Crippen LogP contribution in [0.2, 0.25) is 0 Å². The van der Waals surface area contributed by atoms with Crippen LogP contribution in [0.4, 0.5) is 19.0 Å². The number of fused-ring (bicyclic) bond motifs is 1. The second-order valence-electron chi connectivity index (χ2n) is 5.26. The Balaban J connectivity index is 1.92. The van der Waals surface area contributed by atoms with E-state index in [4.69, 9.17) is 5.11 Å². The highest BCUT2D eigenvalue weighted by molar-refractivity contribution is 6.11. The average molecular weight is 361 g/mol. The van der Waals surface area contributed by atoms with Crippen molar-refractivity contribution < 1.29 is 27.9 Å². The van der Waals surface area contributed by atoms with Crippen molar-refractivity contribution in [3.05, 3.63) is 65.5 Å². The molecule has 0 saturated heterocycles. The molecule has 0 radical (unpaired) electrons. The van der Waals surface area contributed by atoms with Gasteiger partial charge in [0.25, 0.3) is 5.91 Å². The number of benzene rings is 1. The maximum absolute atomic E-state index is 12.5. The lowest BCUT2D eigenvalue weighted by Crippen LogP contribution is -2.15. The number of amides is 1. The molecule has 0 aliphatic heterocycles. The highest BCUT2D eigenvalue weighted by atomic mass is 19.4. The number of anilines is 1. The van der Waals surface area contributed by atoms with Crippen molar-refractivity contribution in [2.45, 2.75) is 6.18 Å². The van der Waals surface area contributed by atoms with Crippen LogP contribution in [0.3, 0.4) is 0 Å². The van der Waals surface area contributed by atoms with Gasteiger partial charge in [0.2, 0.25) is 0 Å². The summed E-state index contributed by atoms with van der Waals surface area (Å²) in [5, 5.41) is 12.0. The number of nitrogens with one attached hydrogen (secondary N) is 1. The highest BCUT2D eigenvalue weighted by Gasteiger charge is 2.30. The number of alkyl halides is 3.